The van der Waals surface area contributed by atoms with E-state index in [9.17, 15) is 9.59 Å². The highest BCUT2D eigenvalue weighted by atomic mass is 16.5. The standard InChI is InChI=1S/C18H21N3O4/c1-21-16(10-15(20-21)13-6-8-25-9-7-13)17(22)19-11-12-2-4-14(5-3-12)18(23)24/h2-5,10,13H,6-9,11H2,1H3,(H,19,22)(H,23,24). The zero-order chi connectivity index (χ0) is 17.8. The van der Waals surface area contributed by atoms with Crippen LogP contribution in [0.4, 0.5) is 0 Å². The Balaban J connectivity index is 1.63. The number of ether oxygens (including phenoxy) is 1. The van der Waals surface area contributed by atoms with Gasteiger partial charge in [-0.15, -0.1) is 0 Å². The summed E-state index contributed by atoms with van der Waals surface area (Å²) >= 11 is 0. The molecule has 0 saturated carbocycles. The van der Waals surface area contributed by atoms with Gasteiger partial charge in [0.15, 0.2) is 0 Å². The third-order valence-electron chi connectivity index (χ3n) is 4.42. The normalized spacial score (nSPS) is 15.1. The largest absolute Gasteiger partial charge is 0.478 e. The minimum absolute atomic E-state index is 0.198. The molecule has 1 aromatic carbocycles. The number of benzene rings is 1. The van der Waals surface area contributed by atoms with Crippen molar-refractivity contribution in [1.29, 1.82) is 0 Å². The molecule has 2 heterocycles. The molecule has 0 spiro atoms. The molecule has 7 heteroatoms. The number of amides is 1. The average Bonchev–Trinajstić information content (AvgIpc) is 3.02. The van der Waals surface area contributed by atoms with E-state index in [4.69, 9.17) is 9.84 Å². The summed E-state index contributed by atoms with van der Waals surface area (Å²) in [5.41, 5.74) is 2.51. The predicted octanol–water partition coefficient (Wildman–Crippen LogP) is 1.94. The molecule has 1 aliphatic heterocycles. The summed E-state index contributed by atoms with van der Waals surface area (Å²) in [5.74, 6) is -0.827. The number of nitrogens with zero attached hydrogens (tertiary/aromatic N) is 2. The van der Waals surface area contributed by atoms with Gasteiger partial charge in [-0.2, -0.15) is 5.10 Å². The first-order valence-electron chi connectivity index (χ1n) is 8.26. The average molecular weight is 343 g/mol. The fourth-order valence-electron chi connectivity index (χ4n) is 2.93. The van der Waals surface area contributed by atoms with Gasteiger partial charge in [-0.05, 0) is 36.6 Å². The van der Waals surface area contributed by atoms with Crippen LogP contribution < -0.4 is 5.32 Å². The molecule has 7 nitrogen and oxygen atoms in total. The molecule has 132 valence electrons. The highest BCUT2D eigenvalue weighted by Gasteiger charge is 2.21. The Bertz CT molecular complexity index is 761. The second kappa shape index (κ2) is 7.48. The van der Waals surface area contributed by atoms with Crippen LogP contribution in [0.5, 0.6) is 0 Å². The maximum absolute atomic E-state index is 12.4. The molecule has 1 aromatic heterocycles. The van der Waals surface area contributed by atoms with Crippen LogP contribution in [0.15, 0.2) is 30.3 Å². The first-order valence-corrected chi connectivity index (χ1v) is 8.26. The van der Waals surface area contributed by atoms with E-state index in [1.807, 2.05) is 6.07 Å². The summed E-state index contributed by atoms with van der Waals surface area (Å²) in [6, 6.07) is 8.29. The number of aromatic nitrogens is 2. The molecule has 0 radical (unpaired) electrons. The zero-order valence-corrected chi connectivity index (χ0v) is 14.1. The van der Waals surface area contributed by atoms with Crippen molar-refractivity contribution in [2.24, 2.45) is 7.05 Å². The van der Waals surface area contributed by atoms with Gasteiger partial charge >= 0.3 is 5.97 Å². The molecule has 0 unspecified atom stereocenters. The van der Waals surface area contributed by atoms with Gasteiger partial charge in [0.1, 0.15) is 5.69 Å². The number of rotatable bonds is 5. The van der Waals surface area contributed by atoms with Crippen molar-refractivity contribution in [3.8, 4) is 0 Å². The van der Waals surface area contributed by atoms with Crippen molar-refractivity contribution >= 4 is 11.9 Å². The molecule has 2 aromatic rings. The number of aromatic carboxylic acids is 1. The van der Waals surface area contributed by atoms with E-state index in [2.05, 4.69) is 10.4 Å². The molecule has 1 saturated heterocycles. The Morgan fingerprint density at radius 3 is 2.60 bits per heavy atom. The maximum atomic E-state index is 12.4. The molecule has 3 rings (SSSR count). The molecule has 1 aliphatic rings. The second-order valence-corrected chi connectivity index (χ2v) is 6.15. The molecule has 1 fully saturated rings. The number of carbonyl (C=O) groups is 2. The molecule has 0 bridgehead atoms. The van der Waals surface area contributed by atoms with E-state index in [0.717, 1.165) is 37.3 Å². The Labute approximate surface area is 145 Å². The van der Waals surface area contributed by atoms with Gasteiger partial charge in [0.2, 0.25) is 0 Å². The number of aryl methyl sites for hydroxylation is 1. The predicted molar refractivity (Wildman–Crippen MR) is 90.6 cm³/mol. The van der Waals surface area contributed by atoms with Gasteiger partial charge in [-0.1, -0.05) is 12.1 Å². The van der Waals surface area contributed by atoms with Crippen LogP contribution in [0.25, 0.3) is 0 Å². The minimum atomic E-state index is -0.967. The van der Waals surface area contributed by atoms with Crippen molar-refractivity contribution in [2.75, 3.05) is 13.2 Å². The van der Waals surface area contributed by atoms with E-state index >= 15 is 0 Å². The topological polar surface area (TPSA) is 93.5 Å². The first-order chi connectivity index (χ1) is 12.0. The van der Waals surface area contributed by atoms with E-state index in [-0.39, 0.29) is 11.5 Å². The van der Waals surface area contributed by atoms with Crippen molar-refractivity contribution in [2.45, 2.75) is 25.3 Å². The van der Waals surface area contributed by atoms with Crippen LogP contribution in [0.1, 0.15) is 50.9 Å². The minimum Gasteiger partial charge on any atom is -0.478 e. The maximum Gasteiger partial charge on any atom is 0.335 e. The van der Waals surface area contributed by atoms with Crippen molar-refractivity contribution in [1.82, 2.24) is 15.1 Å². The zero-order valence-electron chi connectivity index (χ0n) is 14.1. The summed E-state index contributed by atoms with van der Waals surface area (Å²) < 4.78 is 6.97. The van der Waals surface area contributed by atoms with Crippen molar-refractivity contribution < 1.29 is 19.4 Å². The monoisotopic (exact) mass is 343 g/mol. The Morgan fingerprint density at radius 1 is 1.28 bits per heavy atom. The lowest BCUT2D eigenvalue weighted by atomic mass is 9.96. The number of carboxylic acid groups (broad SMARTS) is 1. The molecule has 1 amide bonds. The van der Waals surface area contributed by atoms with Crippen LogP contribution in [0.3, 0.4) is 0 Å². The number of hydrogen-bond acceptors (Lipinski definition) is 4. The molecule has 0 aliphatic carbocycles. The summed E-state index contributed by atoms with van der Waals surface area (Å²) in [5, 5.41) is 16.2. The number of hydrogen-bond donors (Lipinski definition) is 2. The van der Waals surface area contributed by atoms with Crippen LogP contribution in [0, 0.1) is 0 Å². The lowest BCUT2D eigenvalue weighted by Crippen LogP contribution is -2.25. The summed E-state index contributed by atoms with van der Waals surface area (Å²) in [6.07, 6.45) is 1.85. The van der Waals surface area contributed by atoms with Crippen LogP contribution in [0.2, 0.25) is 0 Å². The molecular weight excluding hydrogens is 322 g/mol. The van der Waals surface area contributed by atoms with Crippen LogP contribution >= 0.6 is 0 Å². The highest BCUT2D eigenvalue weighted by Crippen LogP contribution is 2.26. The van der Waals surface area contributed by atoms with Gasteiger partial charge in [-0.25, -0.2) is 4.79 Å². The van der Waals surface area contributed by atoms with Gasteiger partial charge in [0.05, 0.1) is 11.3 Å². The number of nitrogens with one attached hydrogen (secondary N) is 1. The smallest absolute Gasteiger partial charge is 0.335 e. The quantitative estimate of drug-likeness (QED) is 0.865. The SMILES string of the molecule is Cn1nc(C2CCOCC2)cc1C(=O)NCc1ccc(C(=O)O)cc1. The van der Waals surface area contributed by atoms with Gasteiger partial charge in [0.25, 0.3) is 5.91 Å². The lowest BCUT2D eigenvalue weighted by Gasteiger charge is -2.19. The van der Waals surface area contributed by atoms with Gasteiger partial charge in [-0.3, -0.25) is 9.48 Å². The van der Waals surface area contributed by atoms with Crippen LogP contribution in [-0.2, 0) is 18.3 Å². The summed E-state index contributed by atoms with van der Waals surface area (Å²) in [4.78, 5) is 23.3. The first kappa shape index (κ1) is 17.2. The number of carbonyl (C=O) groups excluding carboxylic acids is 1. The second-order valence-electron chi connectivity index (χ2n) is 6.15. The summed E-state index contributed by atoms with van der Waals surface area (Å²) in [7, 11) is 1.76. The van der Waals surface area contributed by atoms with E-state index in [1.165, 1.54) is 12.1 Å². The summed E-state index contributed by atoms with van der Waals surface area (Å²) in [6.45, 7) is 1.79. The van der Waals surface area contributed by atoms with Crippen molar-refractivity contribution in [3.05, 3.63) is 52.8 Å². The fraction of sp³-hybridized carbons (Fsp3) is 0.389. The molecule has 25 heavy (non-hydrogen) atoms. The van der Waals surface area contributed by atoms with Crippen LogP contribution in [-0.4, -0.2) is 40.0 Å². The Hall–Kier alpha value is -2.67. The van der Waals surface area contributed by atoms with Gasteiger partial charge < -0.3 is 15.2 Å². The number of carboxylic acids is 1. The Kier molecular flexibility index (Phi) is 5.14. The molecular formula is C18H21N3O4. The fourth-order valence-corrected chi connectivity index (χ4v) is 2.93. The van der Waals surface area contributed by atoms with E-state index < -0.39 is 5.97 Å². The molecule has 0 atom stereocenters. The van der Waals surface area contributed by atoms with E-state index in [0.29, 0.717) is 18.2 Å². The van der Waals surface area contributed by atoms with E-state index in [1.54, 1.807) is 23.9 Å². The highest BCUT2D eigenvalue weighted by molar-refractivity contribution is 5.92. The lowest BCUT2D eigenvalue weighted by molar-refractivity contribution is 0.0696. The van der Waals surface area contributed by atoms with Gasteiger partial charge in [0, 0.05) is 32.7 Å². The third kappa shape index (κ3) is 4.06. The Morgan fingerprint density at radius 2 is 1.96 bits per heavy atom. The third-order valence-corrected chi connectivity index (χ3v) is 4.42. The molecule has 2 N–H and O–H groups in total. The van der Waals surface area contributed by atoms with Crippen molar-refractivity contribution in [3.63, 3.8) is 0 Å².